The van der Waals surface area contributed by atoms with Crippen LogP contribution in [0.5, 0.6) is 0 Å². The van der Waals surface area contributed by atoms with Gasteiger partial charge in [-0.3, -0.25) is 0 Å². The predicted molar refractivity (Wildman–Crippen MR) is 237 cm³/mol. The average molecular weight is 764 g/mol. The maximum atomic E-state index is 10.1. The molecule has 0 saturated carbocycles. The molecule has 2 heteroatoms. The zero-order valence-corrected chi connectivity index (χ0v) is 28.4. The lowest BCUT2D eigenvalue weighted by atomic mass is 9.82. The van der Waals surface area contributed by atoms with Crippen LogP contribution in [0.3, 0.4) is 0 Å². The number of furan rings is 2. The monoisotopic (exact) mass is 763 g/mol. The molecule has 0 fully saturated rings. The molecule has 2 aromatic heterocycles. The second-order valence-electron chi connectivity index (χ2n) is 12.1. The molecular weight excluding hydrogens is 693 g/mol. The Morgan fingerprint density at radius 1 is 0.333 bits per heavy atom. The zero-order valence-electron chi connectivity index (χ0n) is 63.4. The first-order valence-corrected chi connectivity index (χ1v) is 16.7. The normalized spacial score (nSPS) is 20.3. The van der Waals surface area contributed by atoms with E-state index in [1.54, 1.807) is 0 Å². The van der Waals surface area contributed by atoms with Crippen LogP contribution >= 0.6 is 0 Å². The average Bonchev–Trinajstić information content (AvgIpc) is 1.48. The molecule has 11 aromatic rings. The first-order chi connectivity index (χ1) is 42.8. The molecule has 0 unspecified atom stereocenters. The maximum absolute atomic E-state index is 10.1. The van der Waals surface area contributed by atoms with E-state index in [4.69, 9.17) is 33.5 Å². The Balaban J connectivity index is 1.40. The first kappa shape index (κ1) is 13.1. The quantitative estimate of drug-likeness (QED) is 0.151. The summed E-state index contributed by atoms with van der Waals surface area (Å²) in [6, 6.07) is -36.8. The van der Waals surface area contributed by atoms with E-state index in [1.807, 2.05) is 0 Å². The third-order valence-electron chi connectivity index (χ3n) is 8.88. The van der Waals surface area contributed by atoms with E-state index >= 15 is 0 Å². The Labute approximate surface area is 380 Å². The van der Waals surface area contributed by atoms with Crippen LogP contribution in [-0.2, 0) is 0 Å². The lowest BCUT2D eigenvalue weighted by Gasteiger charge is -2.21. The lowest BCUT2D eigenvalue weighted by molar-refractivity contribution is 0.664. The first-order valence-electron chi connectivity index (χ1n) is 34.2. The molecule has 2 heterocycles. The van der Waals surface area contributed by atoms with Crippen molar-refractivity contribution in [1.82, 2.24) is 0 Å². The van der Waals surface area contributed by atoms with Crippen LogP contribution in [-0.4, -0.2) is 0 Å². The van der Waals surface area contributed by atoms with Gasteiger partial charge in [-0.05, 0) is 73.8 Å². The van der Waals surface area contributed by atoms with Crippen molar-refractivity contribution in [2.24, 2.45) is 0 Å². The van der Waals surface area contributed by atoms with Crippen LogP contribution in [0.4, 0.5) is 0 Å². The molecular formula is C55H36O2. The largest absolute Gasteiger partial charge is 0.456 e. The molecule has 0 spiro atoms. The van der Waals surface area contributed by atoms with Gasteiger partial charge < -0.3 is 8.83 Å². The van der Waals surface area contributed by atoms with Gasteiger partial charge in [0, 0.05) is 33.0 Å². The summed E-state index contributed by atoms with van der Waals surface area (Å²) in [5.41, 5.74) is -13.3. The number of hydrogen-bond acceptors (Lipinski definition) is 2. The molecule has 0 aliphatic heterocycles. The fraction of sp³-hybridized carbons (Fsp3) is 0.0182. The van der Waals surface area contributed by atoms with Crippen molar-refractivity contribution >= 4 is 43.9 Å². The highest BCUT2D eigenvalue weighted by Crippen LogP contribution is 2.48. The Morgan fingerprint density at radius 2 is 0.789 bits per heavy atom. The molecule has 268 valence electrons. The molecule has 0 radical (unpaired) electrons. The lowest BCUT2D eigenvalue weighted by Crippen LogP contribution is -2.04. The Bertz CT molecular complexity index is 4980. The smallest absolute Gasteiger partial charge is 0.144 e. The highest BCUT2D eigenvalue weighted by Gasteiger charge is 2.26. The van der Waals surface area contributed by atoms with Crippen molar-refractivity contribution < 1.29 is 56.8 Å². The van der Waals surface area contributed by atoms with E-state index in [2.05, 4.69) is 0 Å². The van der Waals surface area contributed by atoms with Gasteiger partial charge in [-0.1, -0.05) is 193 Å². The molecule has 57 heavy (non-hydrogen) atoms. The van der Waals surface area contributed by atoms with Gasteiger partial charge in [-0.15, -0.1) is 0 Å². The minimum atomic E-state index is -2.61. The Morgan fingerprint density at radius 3 is 1.35 bits per heavy atom. The summed E-state index contributed by atoms with van der Waals surface area (Å²) in [6.45, 7) is 0. The molecule has 0 bridgehead atoms. The number of fused-ring (bicyclic) bond motifs is 6. The summed E-state index contributed by atoms with van der Waals surface area (Å²) in [7, 11) is 0. The highest BCUT2D eigenvalue weighted by atomic mass is 16.3. The van der Waals surface area contributed by atoms with Crippen LogP contribution in [0.1, 0.15) is 70.6 Å². The molecule has 11 rings (SSSR count). The fourth-order valence-electron chi connectivity index (χ4n) is 6.42. The zero-order chi connectivity index (χ0) is 68.2. The van der Waals surface area contributed by atoms with Crippen LogP contribution < -0.4 is 0 Å². The van der Waals surface area contributed by atoms with Crippen LogP contribution in [0.15, 0.2) is 220 Å². The van der Waals surface area contributed by atoms with Gasteiger partial charge in [0.05, 0.1) is 48.0 Å². The van der Waals surface area contributed by atoms with Crippen molar-refractivity contribution in [2.75, 3.05) is 0 Å². The molecule has 2 nitrogen and oxygen atoms in total. The number of para-hydroxylation sites is 1. The van der Waals surface area contributed by atoms with Crippen molar-refractivity contribution in [1.29, 1.82) is 0 Å². The summed E-state index contributed by atoms with van der Waals surface area (Å²) in [5, 5.41) is -2.82. The Kier molecular flexibility index (Phi) is 3.15. The van der Waals surface area contributed by atoms with Gasteiger partial charge >= 0.3 is 0 Å². The standard InChI is InChI=1S/C55H36O2/c1-4-13-36(14-5-1)39-23-29-42(30-24-39)51(43-31-25-40(26-32-43)37-15-6-2-7-16-37)46-20-12-22-49-53(46)47-35-50-54(45-19-10-11-21-48(45)56-50)52(55(47)57-49)44-33-27-41(28-34-44)38-17-8-3-9-18-38/h1-35,51H/i1D,2D,3D,4D,5D,6D,7D,8D,9D,10D,11D,12D,13D,14D,15D,16D,17D,18D,19D,20D,21D,22D,23D,24D,25D,26D,27D,28D,29D,30D,31D,32D,33D,34D,35D. The van der Waals surface area contributed by atoms with Gasteiger partial charge in [-0.25, -0.2) is 0 Å². The minimum absolute atomic E-state index is 0.597. The maximum Gasteiger partial charge on any atom is 0.144 e. The number of benzene rings is 9. The summed E-state index contributed by atoms with van der Waals surface area (Å²) >= 11 is 0. The van der Waals surface area contributed by atoms with Gasteiger partial charge in [0.1, 0.15) is 22.3 Å². The van der Waals surface area contributed by atoms with Crippen molar-refractivity contribution in [2.45, 2.75) is 5.92 Å². The summed E-state index contributed by atoms with van der Waals surface area (Å²) in [5.74, 6) is -2.61. The van der Waals surface area contributed by atoms with E-state index in [0.29, 0.717) is 0 Å². The number of hydrogen-bond donors (Lipinski definition) is 0. The van der Waals surface area contributed by atoms with Gasteiger partial charge in [0.2, 0.25) is 0 Å². The third-order valence-corrected chi connectivity index (χ3v) is 8.88. The molecule has 0 amide bonds. The van der Waals surface area contributed by atoms with Gasteiger partial charge in [0.25, 0.3) is 0 Å². The molecule has 9 aromatic carbocycles. The van der Waals surface area contributed by atoms with E-state index in [0.717, 1.165) is 0 Å². The molecule has 0 saturated heterocycles. The van der Waals surface area contributed by atoms with Crippen LogP contribution in [0.2, 0.25) is 0 Å². The van der Waals surface area contributed by atoms with Gasteiger partial charge in [-0.2, -0.15) is 0 Å². The predicted octanol–water partition coefficient (Wildman–Crippen LogP) is 15.3. The second kappa shape index (κ2) is 13.7. The van der Waals surface area contributed by atoms with Crippen LogP contribution in [0, 0.1) is 0 Å². The molecule has 0 aliphatic carbocycles. The third kappa shape index (κ3) is 5.73. The topological polar surface area (TPSA) is 26.3 Å². The highest BCUT2D eigenvalue weighted by molar-refractivity contribution is 6.24. The van der Waals surface area contributed by atoms with Crippen molar-refractivity contribution in [3.63, 3.8) is 0 Å². The molecule has 0 aliphatic rings. The molecule has 0 atom stereocenters. The van der Waals surface area contributed by atoms with Crippen molar-refractivity contribution in [3.05, 3.63) is 228 Å². The summed E-state index contributed by atoms with van der Waals surface area (Å²) < 4.78 is 329. The van der Waals surface area contributed by atoms with E-state index in [9.17, 15) is 23.3 Å². The van der Waals surface area contributed by atoms with E-state index < -0.39 is 322 Å². The van der Waals surface area contributed by atoms with Gasteiger partial charge in [0.15, 0.2) is 0 Å². The second-order valence-corrected chi connectivity index (χ2v) is 12.1. The number of rotatable bonds is 7. The summed E-state index contributed by atoms with van der Waals surface area (Å²) in [4.78, 5) is 0. The van der Waals surface area contributed by atoms with E-state index in [-0.39, 0.29) is 0 Å². The van der Waals surface area contributed by atoms with E-state index in [1.165, 1.54) is 0 Å². The van der Waals surface area contributed by atoms with Crippen LogP contribution in [0.25, 0.3) is 88.4 Å². The Hall–Kier alpha value is -7.42. The fourth-order valence-corrected chi connectivity index (χ4v) is 6.42. The van der Waals surface area contributed by atoms with Crippen molar-refractivity contribution in [3.8, 4) is 44.5 Å². The SMILES string of the molecule is [2H]c1c([2H])c([2H])c(-c2c([2H])c([2H])c(-c3c4oc5c([2H])c([2H])c([2H])c(C(c6c([2H])c([2H])c(-c7c([2H])c([2H])c([2H])c([2H])c7[2H])c([2H])c6[2H])c6c([2H])c([2H])c(-c7c([2H])c([2H])c([2H])c([2H])c7[2H])c([2H])c6[2H])c5c4c([2H])c4oc5c([2H])c([2H])c([2H])c([2H])c5c34)c([2H])c2[2H])c([2H])c1[2H]. The summed E-state index contributed by atoms with van der Waals surface area (Å²) in [6.07, 6.45) is 0. The minimum Gasteiger partial charge on any atom is -0.456 e. The molecule has 0 N–H and O–H groups in total.